The Kier molecular flexibility index (Phi) is 27.7. The number of halogens is 2. The number of rotatable bonds is 15. The van der Waals surface area contributed by atoms with Crippen molar-refractivity contribution in [3.63, 3.8) is 0 Å². The third-order valence-electron chi connectivity index (χ3n) is 11.7. The summed E-state index contributed by atoms with van der Waals surface area (Å²) in [4.78, 5) is 4.67. The Labute approximate surface area is 493 Å². The second-order valence-electron chi connectivity index (χ2n) is 16.6. The molecule has 0 fully saturated rings. The van der Waals surface area contributed by atoms with E-state index in [2.05, 4.69) is 185 Å². The minimum atomic E-state index is -0.665. The normalized spacial score (nSPS) is 10.3. The van der Waals surface area contributed by atoms with Gasteiger partial charge in [-0.3, -0.25) is 4.98 Å². The maximum atomic E-state index is 5.30. The Morgan fingerprint density at radius 1 is 0.276 bits per heavy atom. The Hall–Kier alpha value is -4.50. The third-order valence-corrected chi connectivity index (χ3v) is 18.9. The van der Waals surface area contributed by atoms with E-state index in [9.17, 15) is 0 Å². The molecule has 76 heavy (non-hydrogen) atoms. The number of nitrogens with zero attached hydrogens (tertiary/aromatic N) is 1. The molecule has 9 aromatic rings. The number of methoxy groups -OCH3 is 6. The standard InChI is InChI=1S/2C21H21O3P.C20H20NP.2Cu.2HI/c2*1-22-16-4-10-19(11-5-16)25(20-12-6-17(23-2)7-13-20)21-14-8-18(24-3)9-15-21;1-15-4-8-18(9-5-15)22(19-10-6-16(2)7-11-19)20-14-17(3)12-13-21-20;;;;/h2*4-15H,1-3H3;4-14H,1-3H3;;;2*1H/q;;;2*+1;;/p-2. The van der Waals surface area contributed by atoms with E-state index >= 15 is 0 Å². The van der Waals surface area contributed by atoms with Crippen LogP contribution in [0.25, 0.3) is 0 Å². The minimum absolute atomic E-state index is 0.598. The Morgan fingerprint density at radius 2 is 0.474 bits per heavy atom. The van der Waals surface area contributed by atoms with Crippen LogP contribution >= 0.6 is 64.5 Å². The van der Waals surface area contributed by atoms with Crippen molar-refractivity contribution in [2.24, 2.45) is 0 Å². The van der Waals surface area contributed by atoms with Crippen LogP contribution < -0.4 is 76.3 Å². The predicted octanol–water partition coefficient (Wildman–Crippen LogP) is 12.5. The number of ether oxygens (including phenoxy) is 6. The van der Waals surface area contributed by atoms with Gasteiger partial charge in [-0.05, 0) is 170 Å². The van der Waals surface area contributed by atoms with Gasteiger partial charge in [0.2, 0.25) is 0 Å². The van der Waals surface area contributed by atoms with Crippen molar-refractivity contribution in [2.75, 3.05) is 42.7 Å². The second-order valence-corrected chi connectivity index (χ2v) is 23.2. The summed E-state index contributed by atoms with van der Waals surface area (Å²) < 4.78 is 31.8. The summed E-state index contributed by atoms with van der Waals surface area (Å²) >= 11 is 11.7. The molecule has 0 atom stereocenters. The molecule has 0 saturated heterocycles. The molecule has 0 unspecified atom stereocenters. The van der Waals surface area contributed by atoms with Crippen LogP contribution in [0.1, 0.15) is 16.7 Å². The van der Waals surface area contributed by atoms with Crippen molar-refractivity contribution in [3.8, 4) is 34.5 Å². The molecule has 0 bridgehead atoms. The number of benzene rings is 8. The van der Waals surface area contributed by atoms with Gasteiger partial charge in [0, 0.05) is 14.1 Å². The van der Waals surface area contributed by atoms with Gasteiger partial charge in [-0.15, -0.1) is 0 Å². The third kappa shape index (κ3) is 18.3. The van der Waals surface area contributed by atoms with Crippen molar-refractivity contribution in [1.82, 2.24) is 4.98 Å². The van der Waals surface area contributed by atoms with Gasteiger partial charge in [0.1, 0.15) is 34.5 Å². The summed E-state index contributed by atoms with van der Waals surface area (Å²) in [6.07, 6.45) is 1.92. The van der Waals surface area contributed by atoms with Gasteiger partial charge in [-0.1, -0.05) is 132 Å². The van der Waals surface area contributed by atoms with Gasteiger partial charge in [0.15, 0.2) is 0 Å². The Morgan fingerprint density at radius 3 is 0.671 bits per heavy atom. The molecule has 1 heterocycles. The SMILES string of the molecule is COc1ccc(P(c2ccc(OC)cc2)c2ccc(OC)cc2)cc1.COc1ccc(P(c2ccc(OC)cc2)c2ccc(OC)cc2)cc1.Cc1ccc(P(c2ccc(C)cc2)c2cc(C)ccn2)cc1.[Cu][I].[Cu][I]. The van der Waals surface area contributed by atoms with Crippen LogP contribution in [0.2, 0.25) is 0 Å². The molecular formula is C62H62Cu2I2NO6P3. The van der Waals surface area contributed by atoms with Crippen molar-refractivity contribution >= 4 is 112 Å². The maximum absolute atomic E-state index is 5.30. The summed E-state index contributed by atoms with van der Waals surface area (Å²) in [5, 5.41) is 10.3. The molecule has 7 nitrogen and oxygen atoms in total. The molecule has 0 spiro atoms. The average molecular weight is 1390 g/mol. The molecule has 402 valence electrons. The molecule has 1 aromatic heterocycles. The van der Waals surface area contributed by atoms with E-state index in [1.165, 1.54) is 64.6 Å². The van der Waals surface area contributed by atoms with Crippen molar-refractivity contribution in [2.45, 2.75) is 20.8 Å². The fourth-order valence-corrected chi connectivity index (χ4v) is 14.4. The van der Waals surface area contributed by atoms with Crippen LogP contribution in [0.5, 0.6) is 34.5 Å². The van der Waals surface area contributed by atoms with E-state index in [0.717, 1.165) is 34.5 Å². The van der Waals surface area contributed by atoms with E-state index in [1.807, 2.05) is 79.0 Å². The summed E-state index contributed by atoms with van der Waals surface area (Å²) in [5.41, 5.74) is 5.01. The number of hydrogen-bond donors (Lipinski definition) is 0. The zero-order chi connectivity index (χ0) is 54.8. The molecule has 0 radical (unpaired) electrons. The molecule has 14 heteroatoms. The fraction of sp³-hybridized carbons (Fsp3) is 0.145. The summed E-state index contributed by atoms with van der Waals surface area (Å²) in [6, 6.07) is 71.8. The molecular weight excluding hydrogens is 1330 g/mol. The van der Waals surface area contributed by atoms with Crippen molar-refractivity contribution in [3.05, 3.63) is 229 Å². The molecule has 9 rings (SSSR count). The zero-order valence-electron chi connectivity index (χ0n) is 43.8. The zero-order valence-corrected chi connectivity index (χ0v) is 52.7. The first-order valence-corrected chi connectivity index (χ1v) is 33.8. The van der Waals surface area contributed by atoms with Gasteiger partial charge in [-0.25, -0.2) is 0 Å². The number of hydrogen-bond acceptors (Lipinski definition) is 7. The molecule has 0 saturated carbocycles. The van der Waals surface area contributed by atoms with Crippen LogP contribution in [0.15, 0.2) is 212 Å². The van der Waals surface area contributed by atoms with Gasteiger partial charge in [0.05, 0.1) is 48.1 Å². The molecule has 0 N–H and O–H groups in total. The van der Waals surface area contributed by atoms with E-state index < -0.39 is 23.8 Å². The number of aromatic nitrogens is 1. The number of pyridine rings is 1. The second kappa shape index (κ2) is 33.7. The van der Waals surface area contributed by atoms with Crippen LogP contribution in [0, 0.1) is 20.8 Å². The predicted molar refractivity (Wildman–Crippen MR) is 335 cm³/mol. The topological polar surface area (TPSA) is 68.3 Å². The van der Waals surface area contributed by atoms with Crippen LogP contribution in [0.4, 0.5) is 0 Å². The van der Waals surface area contributed by atoms with Crippen LogP contribution in [-0.4, -0.2) is 47.6 Å². The molecule has 0 amide bonds. The fourth-order valence-electron chi connectivity index (χ4n) is 7.73. The van der Waals surface area contributed by atoms with Gasteiger partial charge >= 0.3 is 66.2 Å². The molecule has 0 aliphatic heterocycles. The average Bonchev–Trinajstić information content (AvgIpc) is 3.49. The first-order chi connectivity index (χ1) is 37.1. The van der Waals surface area contributed by atoms with E-state index in [1.54, 1.807) is 83.3 Å². The van der Waals surface area contributed by atoms with Crippen LogP contribution in [0.3, 0.4) is 0 Å². The number of aryl methyl sites for hydroxylation is 3. The van der Waals surface area contributed by atoms with Gasteiger partial charge < -0.3 is 28.4 Å². The van der Waals surface area contributed by atoms with Gasteiger partial charge in [-0.2, -0.15) is 0 Å². The van der Waals surface area contributed by atoms with Crippen molar-refractivity contribution in [1.29, 1.82) is 0 Å². The van der Waals surface area contributed by atoms with E-state index in [-0.39, 0.29) is 0 Å². The van der Waals surface area contributed by atoms with E-state index in [4.69, 9.17) is 28.4 Å². The molecule has 0 aliphatic carbocycles. The van der Waals surface area contributed by atoms with Gasteiger partial charge in [0.25, 0.3) is 0 Å². The first kappa shape index (κ1) is 62.3. The summed E-state index contributed by atoms with van der Waals surface area (Å²) in [5.74, 6) is 5.18. The quantitative estimate of drug-likeness (QED) is 0.0575. The Bertz CT molecular complexity index is 2640. The van der Waals surface area contributed by atoms with Crippen LogP contribution in [-0.2, 0) is 25.5 Å². The Balaban J connectivity index is 0.000000204. The van der Waals surface area contributed by atoms with E-state index in [0.29, 0.717) is 0 Å². The van der Waals surface area contributed by atoms with Crippen molar-refractivity contribution < 1.29 is 53.9 Å². The molecule has 0 aliphatic rings. The monoisotopic (exact) mass is 1390 g/mol. The summed E-state index contributed by atoms with van der Waals surface area (Å²) in [6.45, 7) is 6.38. The first-order valence-electron chi connectivity index (χ1n) is 23.7. The molecule has 8 aromatic carbocycles. The summed E-state index contributed by atoms with van der Waals surface area (Å²) in [7, 11) is 8.18.